The molecule has 0 amide bonds. The number of para-hydroxylation sites is 2. The molecule has 0 saturated heterocycles. The molecule has 5 aliphatic carbocycles. The highest BCUT2D eigenvalue weighted by Gasteiger charge is 2.62. The molecule has 272 valence electrons. The number of benzene rings is 7. The van der Waals surface area contributed by atoms with Crippen molar-refractivity contribution in [1.82, 2.24) is 15.0 Å². The summed E-state index contributed by atoms with van der Waals surface area (Å²) in [7, 11) is 0. The van der Waals surface area contributed by atoms with E-state index in [0.717, 1.165) is 67.4 Å². The van der Waals surface area contributed by atoms with E-state index >= 15 is 0 Å². The maximum atomic E-state index is 6.40. The third kappa shape index (κ3) is 4.53. The number of hydrogen-bond acceptors (Lipinski definition) is 4. The molecule has 1 spiro atoms. The van der Waals surface area contributed by atoms with Crippen molar-refractivity contribution in [2.24, 2.45) is 23.7 Å². The molecular formula is C53H39N3O. The van der Waals surface area contributed by atoms with E-state index in [1.165, 1.54) is 59.6 Å². The molecule has 0 aliphatic heterocycles. The van der Waals surface area contributed by atoms with E-state index in [1.54, 1.807) is 5.56 Å². The molecule has 2 heterocycles. The van der Waals surface area contributed by atoms with Crippen LogP contribution in [0.25, 0.3) is 89.1 Å². The Morgan fingerprint density at radius 2 is 1.04 bits per heavy atom. The average molecular weight is 734 g/mol. The fourth-order valence-corrected chi connectivity index (χ4v) is 12.2. The summed E-state index contributed by atoms with van der Waals surface area (Å²) in [5.74, 6) is 5.15. The first-order valence-electron chi connectivity index (χ1n) is 20.7. The van der Waals surface area contributed by atoms with Gasteiger partial charge in [-0.05, 0) is 106 Å². The van der Waals surface area contributed by atoms with Crippen LogP contribution in [0.15, 0.2) is 156 Å². The summed E-state index contributed by atoms with van der Waals surface area (Å²) in [6, 6.07) is 54.6. The lowest BCUT2D eigenvalue weighted by molar-refractivity contribution is -0.0393. The average Bonchev–Trinajstić information content (AvgIpc) is 3.79. The molecule has 9 aromatic rings. The van der Waals surface area contributed by atoms with Gasteiger partial charge in [-0.15, -0.1) is 0 Å². The Hall–Kier alpha value is -6.39. The van der Waals surface area contributed by atoms with Gasteiger partial charge in [0.2, 0.25) is 0 Å². The predicted molar refractivity (Wildman–Crippen MR) is 230 cm³/mol. The van der Waals surface area contributed by atoms with Gasteiger partial charge in [-0.3, -0.25) is 0 Å². The minimum Gasteiger partial charge on any atom is -0.455 e. The second-order valence-corrected chi connectivity index (χ2v) is 17.2. The Morgan fingerprint density at radius 3 is 1.81 bits per heavy atom. The fraction of sp³-hybridized carbons (Fsp3) is 0.189. The molecule has 0 unspecified atom stereocenters. The Bertz CT molecular complexity index is 3060. The van der Waals surface area contributed by atoms with Gasteiger partial charge >= 0.3 is 0 Å². The van der Waals surface area contributed by atoms with Crippen LogP contribution in [-0.4, -0.2) is 15.0 Å². The molecular weight excluding hydrogens is 695 g/mol. The predicted octanol–water partition coefficient (Wildman–Crippen LogP) is 13.3. The lowest BCUT2D eigenvalue weighted by atomic mass is 9.43. The Labute approximate surface area is 331 Å². The lowest BCUT2D eigenvalue weighted by Crippen LogP contribution is -2.55. The van der Waals surface area contributed by atoms with Gasteiger partial charge in [0.15, 0.2) is 17.5 Å². The van der Waals surface area contributed by atoms with Gasteiger partial charge in [0.1, 0.15) is 11.2 Å². The van der Waals surface area contributed by atoms with Crippen LogP contribution in [0.4, 0.5) is 0 Å². The summed E-state index contributed by atoms with van der Waals surface area (Å²) in [5, 5.41) is 5.05. The van der Waals surface area contributed by atoms with Gasteiger partial charge in [0.25, 0.3) is 0 Å². The molecule has 4 fully saturated rings. The SMILES string of the molecule is c1ccc(-c2nc(-c3ccc(-c4cccc5c4oc4ccccc45)cc3)nc(-c3ccc4c(c3)C3(c5c-4ccc4ccccc54)C4CC5CC(C4)CC3C5)n2)cc1. The van der Waals surface area contributed by atoms with Crippen LogP contribution in [0, 0.1) is 23.7 Å². The van der Waals surface area contributed by atoms with E-state index in [1.807, 2.05) is 18.2 Å². The number of hydrogen-bond donors (Lipinski definition) is 0. The van der Waals surface area contributed by atoms with Crippen LogP contribution in [0.2, 0.25) is 0 Å². The third-order valence-electron chi connectivity index (χ3n) is 14.3. The standard InChI is InChI=1S/C53H39N3O/c1-2-10-35(11-3-1)50-54-51(36-19-17-34(18-20-36)41-14-8-15-45-43-13-6-7-16-47(43)57-49(41)45)56-52(55-50)37-22-23-42-44-24-21-33-9-4-5-12-40(33)48(44)53(46(42)30-37)38-26-31-25-32(28-38)29-39(53)27-31/h1-24,30-32,38-39H,25-29H2. The third-order valence-corrected chi connectivity index (χ3v) is 14.3. The van der Waals surface area contributed by atoms with Gasteiger partial charge in [0, 0.05) is 38.4 Å². The second kappa shape index (κ2) is 11.8. The Kier molecular flexibility index (Phi) is 6.59. The Morgan fingerprint density at radius 1 is 0.439 bits per heavy atom. The quantitative estimate of drug-likeness (QED) is 0.181. The molecule has 4 saturated carbocycles. The fourth-order valence-electron chi connectivity index (χ4n) is 12.2. The molecule has 14 rings (SSSR count). The molecule has 0 radical (unpaired) electrons. The van der Waals surface area contributed by atoms with Crippen LogP contribution < -0.4 is 0 Å². The molecule has 4 nitrogen and oxygen atoms in total. The van der Waals surface area contributed by atoms with E-state index in [4.69, 9.17) is 19.4 Å². The minimum atomic E-state index is 0.0195. The summed E-state index contributed by atoms with van der Waals surface area (Å²) in [6.07, 6.45) is 6.80. The van der Waals surface area contributed by atoms with Crippen molar-refractivity contribution < 1.29 is 4.42 Å². The topological polar surface area (TPSA) is 51.8 Å². The molecule has 5 aliphatic rings. The highest BCUT2D eigenvalue weighted by Crippen LogP contribution is 2.70. The highest BCUT2D eigenvalue weighted by atomic mass is 16.3. The molecule has 4 bridgehead atoms. The maximum absolute atomic E-state index is 6.40. The maximum Gasteiger partial charge on any atom is 0.164 e. The van der Waals surface area contributed by atoms with Crippen molar-refractivity contribution in [2.45, 2.75) is 37.5 Å². The molecule has 4 heteroatoms. The highest BCUT2D eigenvalue weighted by molar-refractivity contribution is 6.09. The van der Waals surface area contributed by atoms with Crippen molar-refractivity contribution >= 4 is 32.7 Å². The van der Waals surface area contributed by atoms with Crippen molar-refractivity contribution in [2.75, 3.05) is 0 Å². The van der Waals surface area contributed by atoms with Crippen LogP contribution >= 0.6 is 0 Å². The van der Waals surface area contributed by atoms with E-state index in [9.17, 15) is 0 Å². The van der Waals surface area contributed by atoms with Crippen molar-refractivity contribution in [3.63, 3.8) is 0 Å². The molecule has 57 heavy (non-hydrogen) atoms. The first kappa shape index (κ1) is 31.8. The van der Waals surface area contributed by atoms with E-state index in [0.29, 0.717) is 23.5 Å². The van der Waals surface area contributed by atoms with Gasteiger partial charge in [0.05, 0.1) is 0 Å². The minimum absolute atomic E-state index is 0.0195. The van der Waals surface area contributed by atoms with E-state index < -0.39 is 0 Å². The van der Waals surface area contributed by atoms with Gasteiger partial charge in [-0.2, -0.15) is 0 Å². The summed E-state index contributed by atoms with van der Waals surface area (Å²) in [5.41, 5.74) is 12.9. The van der Waals surface area contributed by atoms with Crippen LogP contribution in [0.5, 0.6) is 0 Å². The molecule has 2 aromatic heterocycles. The van der Waals surface area contributed by atoms with Crippen LogP contribution in [0.3, 0.4) is 0 Å². The zero-order valence-corrected chi connectivity index (χ0v) is 31.5. The monoisotopic (exact) mass is 733 g/mol. The normalized spacial score (nSPS) is 22.8. The summed E-state index contributed by atoms with van der Waals surface area (Å²) in [4.78, 5) is 15.6. The van der Waals surface area contributed by atoms with Gasteiger partial charge in [-0.1, -0.05) is 140 Å². The number of nitrogens with zero attached hydrogens (tertiary/aromatic N) is 3. The van der Waals surface area contributed by atoms with Crippen molar-refractivity contribution in [3.05, 3.63) is 163 Å². The van der Waals surface area contributed by atoms with E-state index in [2.05, 4.69) is 133 Å². The number of furan rings is 1. The molecule has 0 N–H and O–H groups in total. The first-order valence-corrected chi connectivity index (χ1v) is 20.7. The van der Waals surface area contributed by atoms with Gasteiger partial charge in [-0.25, -0.2) is 15.0 Å². The van der Waals surface area contributed by atoms with Crippen molar-refractivity contribution in [3.8, 4) is 56.4 Å². The largest absolute Gasteiger partial charge is 0.455 e. The molecule has 0 atom stereocenters. The number of fused-ring (bicyclic) bond motifs is 8. The summed E-state index contributed by atoms with van der Waals surface area (Å²) >= 11 is 0. The number of rotatable bonds is 4. The van der Waals surface area contributed by atoms with Crippen LogP contribution in [-0.2, 0) is 5.41 Å². The second-order valence-electron chi connectivity index (χ2n) is 17.2. The Balaban J connectivity index is 0.964. The zero-order valence-electron chi connectivity index (χ0n) is 31.5. The van der Waals surface area contributed by atoms with Crippen LogP contribution in [0.1, 0.15) is 43.2 Å². The summed E-state index contributed by atoms with van der Waals surface area (Å²) < 4.78 is 6.40. The number of aromatic nitrogens is 3. The zero-order chi connectivity index (χ0) is 37.2. The van der Waals surface area contributed by atoms with E-state index in [-0.39, 0.29) is 5.41 Å². The lowest BCUT2D eigenvalue weighted by Gasteiger charge is -2.61. The first-order chi connectivity index (χ1) is 28.2. The summed E-state index contributed by atoms with van der Waals surface area (Å²) in [6.45, 7) is 0. The van der Waals surface area contributed by atoms with Gasteiger partial charge < -0.3 is 4.42 Å². The smallest absolute Gasteiger partial charge is 0.164 e. The van der Waals surface area contributed by atoms with Crippen molar-refractivity contribution in [1.29, 1.82) is 0 Å². The molecule has 7 aromatic carbocycles.